The highest BCUT2D eigenvalue weighted by molar-refractivity contribution is 6.31. The average Bonchev–Trinajstić information content (AvgIpc) is 2.51. The Morgan fingerprint density at radius 1 is 1.00 bits per heavy atom. The molecule has 0 fully saturated rings. The van der Waals surface area contributed by atoms with Gasteiger partial charge in [0.25, 0.3) is 0 Å². The summed E-state index contributed by atoms with van der Waals surface area (Å²) in [5, 5.41) is 7.43. The first-order valence-corrected chi connectivity index (χ1v) is 7.15. The highest BCUT2D eigenvalue weighted by Gasteiger charge is 1.98. The summed E-state index contributed by atoms with van der Waals surface area (Å²) in [7, 11) is 0. The summed E-state index contributed by atoms with van der Waals surface area (Å²) >= 11 is 6.10. The van der Waals surface area contributed by atoms with Crippen LogP contribution in [0.25, 0.3) is 10.8 Å². The van der Waals surface area contributed by atoms with Crippen molar-refractivity contribution in [1.29, 1.82) is 0 Å². The molecule has 0 saturated heterocycles. The van der Waals surface area contributed by atoms with Crippen molar-refractivity contribution in [2.24, 2.45) is 5.10 Å². The Balaban J connectivity index is 1.83. The Morgan fingerprint density at radius 3 is 2.67 bits per heavy atom. The smallest absolute Gasteiger partial charge is 0.0576 e. The molecule has 2 nitrogen and oxygen atoms in total. The van der Waals surface area contributed by atoms with Crippen molar-refractivity contribution >= 4 is 34.3 Å². The minimum Gasteiger partial charge on any atom is -0.278 e. The zero-order valence-electron chi connectivity index (χ0n) is 11.7. The van der Waals surface area contributed by atoms with E-state index in [0.717, 1.165) is 21.8 Å². The highest BCUT2D eigenvalue weighted by atomic mass is 35.5. The third kappa shape index (κ3) is 3.06. The molecule has 0 unspecified atom stereocenters. The van der Waals surface area contributed by atoms with Gasteiger partial charge in [0, 0.05) is 10.6 Å². The molecule has 3 rings (SSSR count). The van der Waals surface area contributed by atoms with Crippen molar-refractivity contribution in [2.45, 2.75) is 6.92 Å². The van der Waals surface area contributed by atoms with Crippen LogP contribution < -0.4 is 5.43 Å². The second kappa shape index (κ2) is 5.98. The van der Waals surface area contributed by atoms with Crippen LogP contribution in [0.4, 0.5) is 5.69 Å². The quantitative estimate of drug-likeness (QED) is 0.518. The van der Waals surface area contributed by atoms with Crippen LogP contribution in [0.3, 0.4) is 0 Å². The molecule has 3 aromatic carbocycles. The lowest BCUT2D eigenvalue weighted by Crippen LogP contribution is -1.92. The van der Waals surface area contributed by atoms with E-state index in [2.05, 4.69) is 34.8 Å². The van der Waals surface area contributed by atoms with Crippen LogP contribution in [0.5, 0.6) is 0 Å². The van der Waals surface area contributed by atoms with Gasteiger partial charge in [-0.15, -0.1) is 0 Å². The number of fused-ring (bicyclic) bond motifs is 1. The number of anilines is 1. The molecule has 3 aromatic rings. The van der Waals surface area contributed by atoms with Gasteiger partial charge in [0.2, 0.25) is 0 Å². The Morgan fingerprint density at radius 2 is 1.81 bits per heavy atom. The molecular weight excluding hydrogens is 280 g/mol. The Kier molecular flexibility index (Phi) is 3.89. The summed E-state index contributed by atoms with van der Waals surface area (Å²) < 4.78 is 0. The molecule has 0 spiro atoms. The van der Waals surface area contributed by atoms with E-state index in [0.29, 0.717) is 0 Å². The van der Waals surface area contributed by atoms with Gasteiger partial charge in [-0.2, -0.15) is 5.10 Å². The third-order valence-electron chi connectivity index (χ3n) is 3.39. The summed E-state index contributed by atoms with van der Waals surface area (Å²) in [5.41, 5.74) is 6.03. The van der Waals surface area contributed by atoms with Crippen LogP contribution in [0.1, 0.15) is 11.1 Å². The lowest BCUT2D eigenvalue weighted by atomic mass is 10.1. The van der Waals surface area contributed by atoms with Crippen molar-refractivity contribution in [3.05, 3.63) is 76.8 Å². The van der Waals surface area contributed by atoms with Gasteiger partial charge in [-0.3, -0.25) is 5.43 Å². The first-order valence-electron chi connectivity index (χ1n) is 6.77. The normalized spacial score (nSPS) is 11.1. The van der Waals surface area contributed by atoms with E-state index < -0.39 is 0 Å². The highest BCUT2D eigenvalue weighted by Crippen LogP contribution is 2.20. The largest absolute Gasteiger partial charge is 0.278 e. The Labute approximate surface area is 129 Å². The number of aryl methyl sites for hydroxylation is 1. The molecule has 104 valence electrons. The molecular formula is C18H15ClN2. The summed E-state index contributed by atoms with van der Waals surface area (Å²) in [6.45, 7) is 1.98. The number of nitrogens with one attached hydrogen (secondary N) is 1. The Hall–Kier alpha value is -2.32. The number of hydrogen-bond acceptors (Lipinski definition) is 2. The molecule has 3 heteroatoms. The monoisotopic (exact) mass is 294 g/mol. The molecule has 1 N–H and O–H groups in total. The fraction of sp³-hybridized carbons (Fsp3) is 0.0556. The maximum atomic E-state index is 6.10. The number of rotatable bonds is 3. The molecule has 0 aliphatic rings. The summed E-state index contributed by atoms with van der Waals surface area (Å²) in [6, 6.07) is 20.3. The van der Waals surface area contributed by atoms with Crippen molar-refractivity contribution < 1.29 is 0 Å². The predicted octanol–water partition coefficient (Wildman–Crippen LogP) is 5.25. The number of nitrogens with zero attached hydrogens (tertiary/aromatic N) is 1. The molecule has 0 bridgehead atoms. The molecule has 0 amide bonds. The molecule has 0 heterocycles. The lowest BCUT2D eigenvalue weighted by molar-refractivity contribution is 1.34. The van der Waals surface area contributed by atoms with E-state index >= 15 is 0 Å². The van der Waals surface area contributed by atoms with Crippen molar-refractivity contribution in [2.75, 3.05) is 5.43 Å². The minimum atomic E-state index is 0.736. The van der Waals surface area contributed by atoms with E-state index in [1.165, 1.54) is 10.8 Å². The van der Waals surface area contributed by atoms with E-state index in [1.807, 2.05) is 49.5 Å². The molecule has 0 aromatic heterocycles. The van der Waals surface area contributed by atoms with Gasteiger partial charge in [-0.25, -0.2) is 0 Å². The summed E-state index contributed by atoms with van der Waals surface area (Å²) in [6.07, 6.45) is 1.83. The topological polar surface area (TPSA) is 24.4 Å². The zero-order chi connectivity index (χ0) is 14.7. The van der Waals surface area contributed by atoms with Gasteiger partial charge in [-0.05, 0) is 35.4 Å². The second-order valence-electron chi connectivity index (χ2n) is 4.90. The number of benzene rings is 3. The van der Waals surface area contributed by atoms with Crippen molar-refractivity contribution in [3.8, 4) is 0 Å². The second-order valence-corrected chi connectivity index (χ2v) is 5.31. The van der Waals surface area contributed by atoms with Gasteiger partial charge < -0.3 is 0 Å². The standard InChI is InChI=1S/C18H15ClN2/c1-13-9-10-16(11-18(13)19)21-20-12-15-7-4-6-14-5-2-3-8-17(14)15/h2-12,21H,1H3/b20-12-. The number of hydrogen-bond donors (Lipinski definition) is 1. The fourth-order valence-corrected chi connectivity index (χ4v) is 2.38. The van der Waals surface area contributed by atoms with E-state index in [1.54, 1.807) is 0 Å². The maximum absolute atomic E-state index is 6.10. The van der Waals surface area contributed by atoms with Crippen LogP contribution in [0.2, 0.25) is 5.02 Å². The molecule has 0 aliphatic carbocycles. The molecule has 21 heavy (non-hydrogen) atoms. The first kappa shape index (κ1) is 13.7. The van der Waals surface area contributed by atoms with Crippen molar-refractivity contribution in [3.63, 3.8) is 0 Å². The molecule has 0 atom stereocenters. The lowest BCUT2D eigenvalue weighted by Gasteiger charge is -2.04. The molecule has 0 saturated carbocycles. The number of hydrazone groups is 1. The maximum Gasteiger partial charge on any atom is 0.0576 e. The van der Waals surface area contributed by atoms with Crippen LogP contribution in [-0.2, 0) is 0 Å². The van der Waals surface area contributed by atoms with Crippen LogP contribution in [-0.4, -0.2) is 6.21 Å². The van der Waals surface area contributed by atoms with Crippen LogP contribution in [0.15, 0.2) is 65.8 Å². The van der Waals surface area contributed by atoms with Gasteiger partial charge >= 0.3 is 0 Å². The minimum absolute atomic E-state index is 0.736. The molecule has 0 radical (unpaired) electrons. The van der Waals surface area contributed by atoms with E-state index in [4.69, 9.17) is 11.6 Å². The van der Waals surface area contributed by atoms with Gasteiger partial charge in [0.15, 0.2) is 0 Å². The fourth-order valence-electron chi connectivity index (χ4n) is 2.20. The van der Waals surface area contributed by atoms with Gasteiger partial charge in [0.05, 0.1) is 11.9 Å². The third-order valence-corrected chi connectivity index (χ3v) is 3.80. The van der Waals surface area contributed by atoms with E-state index in [9.17, 15) is 0 Å². The summed E-state index contributed by atoms with van der Waals surface area (Å²) in [5.74, 6) is 0. The summed E-state index contributed by atoms with van der Waals surface area (Å²) in [4.78, 5) is 0. The first-order chi connectivity index (χ1) is 10.2. The average molecular weight is 295 g/mol. The molecule has 0 aliphatic heterocycles. The van der Waals surface area contributed by atoms with Crippen molar-refractivity contribution in [1.82, 2.24) is 0 Å². The number of halogens is 1. The zero-order valence-corrected chi connectivity index (χ0v) is 12.4. The van der Waals surface area contributed by atoms with Gasteiger partial charge in [0.1, 0.15) is 0 Å². The van der Waals surface area contributed by atoms with Crippen LogP contribution in [0, 0.1) is 6.92 Å². The van der Waals surface area contributed by atoms with Gasteiger partial charge in [-0.1, -0.05) is 60.1 Å². The SMILES string of the molecule is Cc1ccc(N/N=C\c2cccc3ccccc23)cc1Cl. The van der Waals surface area contributed by atoms with Crippen LogP contribution >= 0.6 is 11.6 Å². The Bertz CT molecular complexity index is 804. The van der Waals surface area contributed by atoms with E-state index in [-0.39, 0.29) is 0 Å². The predicted molar refractivity (Wildman–Crippen MR) is 91.4 cm³/mol.